The summed E-state index contributed by atoms with van der Waals surface area (Å²) in [5.74, 6) is -0.981. The molecule has 0 aromatic heterocycles. The van der Waals surface area contributed by atoms with E-state index in [4.69, 9.17) is 5.11 Å². The lowest BCUT2D eigenvalue weighted by Crippen LogP contribution is -2.16. The highest BCUT2D eigenvalue weighted by atomic mass is 32.2. The first kappa shape index (κ1) is 18.9. The fourth-order valence-corrected chi connectivity index (χ4v) is 4.24. The molecule has 0 aliphatic heterocycles. The summed E-state index contributed by atoms with van der Waals surface area (Å²) in [7, 11) is -3.59. The van der Waals surface area contributed by atoms with Gasteiger partial charge < -0.3 is 5.11 Å². The Hall–Kier alpha value is -2.86. The van der Waals surface area contributed by atoms with Crippen molar-refractivity contribution in [3.05, 3.63) is 77.9 Å². The number of nitrogens with one attached hydrogen (secondary N) is 1. The van der Waals surface area contributed by atoms with Crippen LogP contribution in [0.4, 0.5) is 5.69 Å². The third-order valence-corrected chi connectivity index (χ3v) is 5.53. The number of hydrogen-bond donors (Lipinski definition) is 2. The summed E-state index contributed by atoms with van der Waals surface area (Å²) in [4.78, 5) is 10.7. The van der Waals surface area contributed by atoms with Crippen LogP contribution in [0, 0.1) is 0 Å². The number of fused-ring (bicyclic) bond motifs is 1. The number of aliphatic carboxylic acids is 1. The van der Waals surface area contributed by atoms with Crippen LogP contribution in [0.2, 0.25) is 0 Å². The third-order valence-electron chi connectivity index (χ3n) is 4.29. The zero-order valence-electron chi connectivity index (χ0n) is 14.8. The van der Waals surface area contributed by atoms with Gasteiger partial charge in [0, 0.05) is 6.42 Å². The molecule has 0 aliphatic rings. The maximum absolute atomic E-state index is 12.6. The van der Waals surface area contributed by atoms with E-state index in [1.807, 2.05) is 54.6 Å². The summed E-state index contributed by atoms with van der Waals surface area (Å²) in [5, 5.41) is 10.8. The van der Waals surface area contributed by atoms with Crippen LogP contribution in [0.15, 0.2) is 66.7 Å². The van der Waals surface area contributed by atoms with E-state index in [1.54, 1.807) is 12.1 Å². The van der Waals surface area contributed by atoms with E-state index in [0.717, 1.165) is 16.3 Å². The van der Waals surface area contributed by atoms with Gasteiger partial charge >= 0.3 is 5.97 Å². The summed E-state index contributed by atoms with van der Waals surface area (Å²) in [6.45, 7) is 0. The molecule has 0 amide bonds. The van der Waals surface area contributed by atoms with Gasteiger partial charge in [0.15, 0.2) is 0 Å². The molecule has 3 aromatic rings. The molecule has 0 saturated heterocycles. The molecule has 5 nitrogen and oxygen atoms in total. The predicted octanol–water partition coefficient (Wildman–Crippen LogP) is 4.19. The SMILES string of the molecule is O=C(O)CCCc1ccccc1NS(=O)(=O)Cc1ccc2ccccc2c1. The molecule has 27 heavy (non-hydrogen) atoms. The van der Waals surface area contributed by atoms with E-state index in [0.29, 0.717) is 24.1 Å². The third kappa shape index (κ3) is 5.31. The second-order valence-corrected chi connectivity index (χ2v) is 8.17. The molecular weight excluding hydrogens is 362 g/mol. The Balaban J connectivity index is 1.74. The van der Waals surface area contributed by atoms with Gasteiger partial charge in [-0.1, -0.05) is 60.7 Å². The summed E-state index contributed by atoms with van der Waals surface area (Å²) >= 11 is 0. The van der Waals surface area contributed by atoms with Gasteiger partial charge in [0.25, 0.3) is 0 Å². The first-order valence-corrected chi connectivity index (χ1v) is 10.4. The lowest BCUT2D eigenvalue weighted by atomic mass is 10.1. The molecular formula is C21H21NO4S. The molecule has 0 spiro atoms. The number of carboxylic acid groups (broad SMARTS) is 1. The molecule has 3 rings (SSSR count). The van der Waals surface area contributed by atoms with Crippen molar-refractivity contribution in [2.45, 2.75) is 25.0 Å². The number of benzene rings is 3. The number of carboxylic acids is 1. The van der Waals surface area contributed by atoms with E-state index in [1.165, 1.54) is 0 Å². The van der Waals surface area contributed by atoms with Crippen LogP contribution >= 0.6 is 0 Å². The summed E-state index contributed by atoms with van der Waals surface area (Å²) < 4.78 is 27.9. The highest BCUT2D eigenvalue weighted by Crippen LogP contribution is 2.22. The Kier molecular flexibility index (Phi) is 5.76. The Labute approximate surface area is 158 Å². The van der Waals surface area contributed by atoms with E-state index in [2.05, 4.69) is 4.72 Å². The molecule has 0 atom stereocenters. The summed E-state index contributed by atoms with van der Waals surface area (Å²) in [5.41, 5.74) is 2.01. The van der Waals surface area contributed by atoms with Crippen molar-refractivity contribution in [2.75, 3.05) is 4.72 Å². The van der Waals surface area contributed by atoms with Crippen LogP contribution in [0.3, 0.4) is 0 Å². The molecule has 0 aliphatic carbocycles. The van der Waals surface area contributed by atoms with E-state index in [9.17, 15) is 13.2 Å². The molecule has 0 saturated carbocycles. The topological polar surface area (TPSA) is 83.5 Å². The number of hydrogen-bond acceptors (Lipinski definition) is 3. The van der Waals surface area contributed by atoms with Crippen LogP contribution in [0.1, 0.15) is 24.0 Å². The molecule has 0 heterocycles. The van der Waals surface area contributed by atoms with Gasteiger partial charge in [-0.3, -0.25) is 9.52 Å². The number of aryl methyl sites for hydroxylation is 1. The van der Waals surface area contributed by atoms with E-state index < -0.39 is 16.0 Å². The molecule has 0 unspecified atom stereocenters. The lowest BCUT2D eigenvalue weighted by Gasteiger charge is -2.13. The first-order valence-electron chi connectivity index (χ1n) is 8.71. The maximum atomic E-state index is 12.6. The highest BCUT2D eigenvalue weighted by molar-refractivity contribution is 7.91. The zero-order valence-corrected chi connectivity index (χ0v) is 15.6. The van der Waals surface area contributed by atoms with Crippen LogP contribution in [-0.4, -0.2) is 19.5 Å². The standard InChI is InChI=1S/C21H21NO4S/c23-21(24)11-5-9-18-7-3-4-10-20(18)22-27(25,26)15-16-12-13-17-6-1-2-8-19(17)14-16/h1-4,6-8,10,12-14,22H,5,9,11,15H2,(H,23,24). The normalized spacial score (nSPS) is 11.4. The number of para-hydroxylation sites is 1. The van der Waals surface area contributed by atoms with E-state index in [-0.39, 0.29) is 12.2 Å². The Morgan fingerprint density at radius 3 is 2.41 bits per heavy atom. The molecule has 3 aromatic carbocycles. The molecule has 2 N–H and O–H groups in total. The molecule has 6 heteroatoms. The summed E-state index contributed by atoms with van der Waals surface area (Å²) in [6.07, 6.45) is 1.01. The van der Waals surface area contributed by atoms with Gasteiger partial charge in [-0.2, -0.15) is 0 Å². The van der Waals surface area contributed by atoms with Gasteiger partial charge in [-0.15, -0.1) is 0 Å². The van der Waals surface area contributed by atoms with Gasteiger partial charge in [0.2, 0.25) is 10.0 Å². The quantitative estimate of drug-likeness (QED) is 0.611. The van der Waals surface area contributed by atoms with Crippen molar-refractivity contribution in [3.8, 4) is 0 Å². The average molecular weight is 383 g/mol. The number of carbonyl (C=O) groups is 1. The van der Waals surface area contributed by atoms with Crippen molar-refractivity contribution in [2.24, 2.45) is 0 Å². The van der Waals surface area contributed by atoms with Crippen molar-refractivity contribution >= 4 is 32.5 Å². The Morgan fingerprint density at radius 1 is 0.926 bits per heavy atom. The average Bonchev–Trinajstić information content (AvgIpc) is 2.62. The zero-order chi connectivity index (χ0) is 19.3. The van der Waals surface area contributed by atoms with Crippen LogP contribution in [-0.2, 0) is 27.0 Å². The maximum Gasteiger partial charge on any atom is 0.303 e. The number of sulfonamides is 1. The van der Waals surface area contributed by atoms with Crippen LogP contribution < -0.4 is 4.72 Å². The fourth-order valence-electron chi connectivity index (χ4n) is 3.02. The van der Waals surface area contributed by atoms with Gasteiger partial charge in [0.05, 0.1) is 11.4 Å². The second-order valence-electron chi connectivity index (χ2n) is 6.45. The Morgan fingerprint density at radius 2 is 1.63 bits per heavy atom. The van der Waals surface area contributed by atoms with Crippen molar-refractivity contribution in [1.29, 1.82) is 0 Å². The van der Waals surface area contributed by atoms with E-state index >= 15 is 0 Å². The molecule has 140 valence electrons. The van der Waals surface area contributed by atoms with Crippen LogP contribution in [0.5, 0.6) is 0 Å². The minimum absolute atomic E-state index is 0.0537. The predicted molar refractivity (Wildman–Crippen MR) is 107 cm³/mol. The van der Waals surface area contributed by atoms with Gasteiger partial charge in [0.1, 0.15) is 0 Å². The minimum Gasteiger partial charge on any atom is -0.481 e. The fraction of sp³-hybridized carbons (Fsp3) is 0.190. The largest absolute Gasteiger partial charge is 0.481 e. The lowest BCUT2D eigenvalue weighted by molar-refractivity contribution is -0.137. The minimum atomic E-state index is -3.59. The summed E-state index contributed by atoms with van der Waals surface area (Å²) in [6, 6.07) is 20.5. The van der Waals surface area contributed by atoms with Crippen molar-refractivity contribution < 1.29 is 18.3 Å². The van der Waals surface area contributed by atoms with Gasteiger partial charge in [-0.25, -0.2) is 8.42 Å². The first-order chi connectivity index (χ1) is 12.9. The van der Waals surface area contributed by atoms with Crippen molar-refractivity contribution in [3.63, 3.8) is 0 Å². The highest BCUT2D eigenvalue weighted by Gasteiger charge is 2.14. The molecule has 0 radical (unpaired) electrons. The molecule has 0 fully saturated rings. The monoisotopic (exact) mass is 383 g/mol. The number of anilines is 1. The van der Waals surface area contributed by atoms with Crippen molar-refractivity contribution in [1.82, 2.24) is 0 Å². The molecule has 0 bridgehead atoms. The smallest absolute Gasteiger partial charge is 0.303 e. The second kappa shape index (κ2) is 8.22. The number of rotatable bonds is 8. The van der Waals surface area contributed by atoms with Crippen LogP contribution in [0.25, 0.3) is 10.8 Å². The Bertz CT molecular complexity index is 1060. The van der Waals surface area contributed by atoms with Gasteiger partial charge in [-0.05, 0) is 40.8 Å².